The zero-order valence-electron chi connectivity index (χ0n) is 28.1. The molecule has 0 unspecified atom stereocenters. The lowest BCUT2D eigenvalue weighted by Crippen LogP contribution is -2.41. The molecule has 3 aliphatic rings. The fourth-order valence-corrected chi connectivity index (χ4v) is 7.50. The molecule has 0 spiro atoms. The normalized spacial score (nSPS) is 21.7. The molecule has 1 aliphatic carbocycles. The van der Waals surface area contributed by atoms with Gasteiger partial charge in [0.05, 0.1) is 50.8 Å². The van der Waals surface area contributed by atoms with Crippen molar-refractivity contribution < 1.29 is 19.1 Å². The minimum atomic E-state index is -0.412. The number of rotatable bonds is 10. The first-order chi connectivity index (χ1) is 22.6. The van der Waals surface area contributed by atoms with Crippen LogP contribution in [0.2, 0.25) is 5.02 Å². The molecule has 10 heteroatoms. The van der Waals surface area contributed by atoms with Gasteiger partial charge in [0.1, 0.15) is 5.82 Å². The number of aromatic nitrogens is 1. The summed E-state index contributed by atoms with van der Waals surface area (Å²) in [7, 11) is 3.73. The number of hydrogen-bond acceptors (Lipinski definition) is 7. The van der Waals surface area contributed by atoms with Gasteiger partial charge in [-0.3, -0.25) is 19.4 Å². The second kappa shape index (κ2) is 14.1. The highest BCUT2D eigenvalue weighted by Crippen LogP contribution is 2.43. The van der Waals surface area contributed by atoms with Crippen LogP contribution in [-0.2, 0) is 16.0 Å². The van der Waals surface area contributed by atoms with Gasteiger partial charge in [-0.1, -0.05) is 23.7 Å². The first kappa shape index (κ1) is 33.1. The molecule has 1 saturated heterocycles. The van der Waals surface area contributed by atoms with E-state index in [4.69, 9.17) is 26.1 Å². The molecule has 9 nitrogen and oxygen atoms in total. The highest BCUT2D eigenvalue weighted by molar-refractivity contribution is 6.30. The van der Waals surface area contributed by atoms with Crippen molar-refractivity contribution in [1.82, 2.24) is 14.8 Å². The van der Waals surface area contributed by atoms with Gasteiger partial charge < -0.3 is 19.3 Å². The maximum atomic E-state index is 13.9. The fourth-order valence-electron chi connectivity index (χ4n) is 7.37. The second-order valence-corrected chi connectivity index (χ2v) is 13.8. The number of ether oxygens (including phenoxy) is 2. The van der Waals surface area contributed by atoms with Crippen molar-refractivity contribution in [3.8, 4) is 11.5 Å². The molecule has 1 saturated carbocycles. The van der Waals surface area contributed by atoms with Crippen LogP contribution < -0.4 is 19.3 Å². The van der Waals surface area contributed by atoms with Crippen molar-refractivity contribution in [2.24, 2.45) is 5.92 Å². The summed E-state index contributed by atoms with van der Waals surface area (Å²) in [5.74, 6) is 2.66. The molecule has 2 aliphatic heterocycles. The Balaban J connectivity index is 1.19. The van der Waals surface area contributed by atoms with Crippen molar-refractivity contribution in [3.05, 3.63) is 76.4 Å². The van der Waals surface area contributed by atoms with E-state index in [1.807, 2.05) is 74.3 Å². The van der Waals surface area contributed by atoms with E-state index in [2.05, 4.69) is 22.9 Å². The topological polar surface area (TPSA) is 78.5 Å². The lowest BCUT2D eigenvalue weighted by atomic mass is 9.85. The largest absolute Gasteiger partial charge is 0.493 e. The lowest BCUT2D eigenvalue weighted by molar-refractivity contribution is -0.126. The predicted octanol–water partition coefficient (Wildman–Crippen LogP) is 6.33. The van der Waals surface area contributed by atoms with E-state index in [0.29, 0.717) is 40.8 Å². The molecular weight excluding hydrogens is 614 g/mol. The highest BCUT2D eigenvalue weighted by atomic mass is 35.5. The Morgan fingerprint density at radius 2 is 1.74 bits per heavy atom. The maximum Gasteiger partial charge on any atom is 0.237 e. The Bertz CT molecular complexity index is 1570. The van der Waals surface area contributed by atoms with E-state index in [1.54, 1.807) is 12.0 Å². The van der Waals surface area contributed by atoms with Gasteiger partial charge in [-0.25, -0.2) is 4.98 Å². The third-order valence-corrected chi connectivity index (χ3v) is 10.1. The number of carbonyl (C=O) groups excluding carboxylic acids is 2. The quantitative estimate of drug-likeness (QED) is 0.252. The Kier molecular flexibility index (Phi) is 9.94. The average Bonchev–Trinajstić information content (AvgIpc) is 3.45. The molecule has 3 heterocycles. The summed E-state index contributed by atoms with van der Waals surface area (Å²) in [4.78, 5) is 39.3. The summed E-state index contributed by atoms with van der Waals surface area (Å²) in [6, 6.07) is 15.7. The molecule has 2 aromatic carbocycles. The van der Waals surface area contributed by atoms with Crippen LogP contribution in [0.3, 0.4) is 0 Å². The van der Waals surface area contributed by atoms with Gasteiger partial charge in [-0.15, -0.1) is 0 Å². The smallest absolute Gasteiger partial charge is 0.237 e. The monoisotopic (exact) mass is 659 g/mol. The summed E-state index contributed by atoms with van der Waals surface area (Å²) in [6.45, 7) is 9.07. The summed E-state index contributed by atoms with van der Waals surface area (Å²) in [5, 5.41) is 0.634. The number of benzene rings is 2. The Morgan fingerprint density at radius 1 is 1.00 bits per heavy atom. The Morgan fingerprint density at radius 3 is 2.36 bits per heavy atom. The summed E-state index contributed by atoms with van der Waals surface area (Å²) in [6.07, 6.45) is 6.61. The maximum absolute atomic E-state index is 13.9. The van der Waals surface area contributed by atoms with Crippen molar-refractivity contribution in [3.63, 3.8) is 0 Å². The molecule has 2 fully saturated rings. The first-order valence-corrected chi connectivity index (χ1v) is 17.2. The van der Waals surface area contributed by atoms with Crippen LogP contribution in [0.25, 0.3) is 0 Å². The van der Waals surface area contributed by atoms with Crippen LogP contribution >= 0.6 is 11.6 Å². The van der Waals surface area contributed by atoms with E-state index >= 15 is 0 Å². The van der Waals surface area contributed by atoms with Crippen molar-refractivity contribution in [2.45, 2.75) is 71.1 Å². The number of fused-ring (bicyclic) bond motifs is 1. The highest BCUT2D eigenvalue weighted by Gasteiger charge is 2.37. The predicted molar refractivity (Wildman–Crippen MR) is 185 cm³/mol. The molecule has 250 valence electrons. The number of anilines is 2. The van der Waals surface area contributed by atoms with Gasteiger partial charge in [0.25, 0.3) is 0 Å². The van der Waals surface area contributed by atoms with Crippen molar-refractivity contribution >= 4 is 34.9 Å². The van der Waals surface area contributed by atoms with Crippen LogP contribution in [0.1, 0.15) is 69.2 Å². The lowest BCUT2D eigenvalue weighted by Gasteiger charge is -2.38. The molecule has 1 atom stereocenters. The fraction of sp³-hybridized carbons (Fsp3) is 0.486. The number of amides is 2. The first-order valence-electron chi connectivity index (χ1n) is 16.8. The van der Waals surface area contributed by atoms with E-state index < -0.39 is 6.04 Å². The van der Waals surface area contributed by atoms with Crippen LogP contribution in [0, 0.1) is 5.92 Å². The second-order valence-electron chi connectivity index (χ2n) is 13.3. The van der Waals surface area contributed by atoms with Crippen LogP contribution in [-0.4, -0.2) is 79.2 Å². The number of nitrogens with zero attached hydrogens (tertiary/aromatic N) is 5. The summed E-state index contributed by atoms with van der Waals surface area (Å²) >= 11 is 6.27. The van der Waals surface area contributed by atoms with E-state index in [0.717, 1.165) is 67.8 Å². The minimum absolute atomic E-state index is 0.0378. The Labute approximate surface area is 283 Å². The summed E-state index contributed by atoms with van der Waals surface area (Å²) in [5.41, 5.74) is 3.83. The molecule has 47 heavy (non-hydrogen) atoms. The van der Waals surface area contributed by atoms with Gasteiger partial charge in [-0.05, 0) is 105 Å². The number of carbonyl (C=O) groups is 2. The number of halogens is 1. The Hall–Kier alpha value is -3.82. The third-order valence-electron chi connectivity index (χ3n) is 9.85. The third kappa shape index (κ3) is 7.06. The van der Waals surface area contributed by atoms with Gasteiger partial charge in [0, 0.05) is 31.2 Å². The van der Waals surface area contributed by atoms with Crippen molar-refractivity contribution in [2.75, 3.05) is 50.3 Å². The van der Waals surface area contributed by atoms with Crippen LogP contribution in [0.15, 0.2) is 54.7 Å². The van der Waals surface area contributed by atoms with Gasteiger partial charge >= 0.3 is 0 Å². The van der Waals surface area contributed by atoms with Crippen LogP contribution in [0.5, 0.6) is 11.5 Å². The van der Waals surface area contributed by atoms with Gasteiger partial charge in [0.15, 0.2) is 11.5 Å². The van der Waals surface area contributed by atoms with Crippen LogP contribution in [0.4, 0.5) is 11.5 Å². The molecule has 3 aromatic rings. The summed E-state index contributed by atoms with van der Waals surface area (Å²) < 4.78 is 11.8. The molecule has 6 rings (SSSR count). The van der Waals surface area contributed by atoms with Gasteiger partial charge in [0.2, 0.25) is 11.8 Å². The van der Waals surface area contributed by atoms with E-state index in [-0.39, 0.29) is 24.3 Å². The standard InChI is InChI=1S/C37H46ClN5O4/c1-6-41-23-42(22-36(41)45)29-13-7-25(8-14-29)21-40(4)30-15-16-34(39-20-30)43-35(44)18-27-17-32(46-5)33(47-24(2)3)19-31(27)37(43)26-9-11-28(38)12-10-26/h9-12,15-17,19-20,24-25,29,37H,6-8,13-14,18,21-23H2,1-5H3/t25?,29?,37-/m0/s1. The molecular formula is C37H46ClN5O4. The van der Waals surface area contributed by atoms with Crippen molar-refractivity contribution in [1.29, 1.82) is 0 Å². The number of hydrogen-bond donors (Lipinski definition) is 0. The zero-order valence-corrected chi connectivity index (χ0v) is 28.9. The molecule has 0 bridgehead atoms. The van der Waals surface area contributed by atoms with Gasteiger partial charge in [-0.2, -0.15) is 0 Å². The number of pyridine rings is 1. The molecule has 0 N–H and O–H groups in total. The zero-order chi connectivity index (χ0) is 33.2. The average molecular weight is 660 g/mol. The van der Waals surface area contributed by atoms with E-state index in [9.17, 15) is 9.59 Å². The SMILES string of the molecule is CCN1CN(C2CCC(CN(C)c3ccc(N4C(=O)Cc5cc(OC)c(OC(C)C)cc5[C@@H]4c4ccc(Cl)cc4)nc3)CC2)CC1=O. The molecule has 0 radical (unpaired) electrons. The number of likely N-dealkylation sites (N-methyl/N-ethyl adjacent to an activating group) is 1. The molecule has 2 amide bonds. The minimum Gasteiger partial charge on any atom is -0.493 e. The van der Waals surface area contributed by atoms with E-state index in [1.165, 1.54) is 0 Å². The number of methoxy groups -OCH3 is 1. The molecule has 1 aromatic heterocycles.